The van der Waals surface area contributed by atoms with Gasteiger partial charge in [-0.2, -0.15) is 0 Å². The minimum Gasteiger partial charge on any atom is -0.458 e. The normalized spacial score (nSPS) is 10.4. The van der Waals surface area contributed by atoms with E-state index >= 15 is 0 Å². The Hall–Kier alpha value is -5.15. The molecule has 0 aromatic heterocycles. The molecule has 0 unspecified atom stereocenters. The zero-order valence-corrected chi connectivity index (χ0v) is 22.5. The van der Waals surface area contributed by atoms with Crippen molar-refractivity contribution in [2.24, 2.45) is 0 Å². The summed E-state index contributed by atoms with van der Waals surface area (Å²) in [5.74, 6) is -0.429. The highest BCUT2D eigenvalue weighted by Gasteiger charge is 2.13. The van der Waals surface area contributed by atoms with Crippen LogP contribution >= 0.6 is 0 Å². The molecule has 0 spiro atoms. The Morgan fingerprint density at radius 2 is 1.15 bits per heavy atom. The van der Waals surface area contributed by atoms with E-state index in [1.807, 2.05) is 36.4 Å². The zero-order chi connectivity index (χ0) is 27.7. The predicted octanol–water partition coefficient (Wildman–Crippen LogP) is 9.28. The van der Waals surface area contributed by atoms with Crippen LogP contribution < -0.4 is 4.90 Å². The number of rotatable bonds is 9. The molecule has 3 heteroatoms. The second kappa shape index (κ2) is 12.6. The van der Waals surface area contributed by atoms with Crippen LogP contribution in [0.25, 0.3) is 11.6 Å². The average Bonchev–Trinajstić information content (AvgIpc) is 3.02. The Morgan fingerprint density at radius 3 is 1.65 bits per heavy atom. The largest absolute Gasteiger partial charge is 0.458 e. The molecule has 0 saturated heterocycles. The number of anilines is 3. The summed E-state index contributed by atoms with van der Waals surface area (Å²) in [4.78, 5) is 13.7. The molecule has 5 aromatic rings. The quantitative estimate of drug-likeness (QED) is 0.110. The summed E-state index contributed by atoms with van der Waals surface area (Å²) < 4.78 is 5.19. The average molecular weight is 522 g/mol. The molecule has 196 valence electrons. The summed E-state index contributed by atoms with van der Waals surface area (Å²) in [6.45, 7) is 5.75. The van der Waals surface area contributed by atoms with E-state index in [-0.39, 0.29) is 6.61 Å². The van der Waals surface area contributed by atoms with Gasteiger partial charge in [-0.25, -0.2) is 4.79 Å². The van der Waals surface area contributed by atoms with Crippen molar-refractivity contribution in [3.05, 3.63) is 174 Å². The third-order valence-electron chi connectivity index (χ3n) is 6.67. The minimum absolute atomic E-state index is 0.210. The lowest BCUT2D eigenvalue weighted by Crippen LogP contribution is -2.10. The van der Waals surface area contributed by atoms with Crippen LogP contribution in [0, 0.1) is 6.92 Å². The Morgan fingerprint density at radius 1 is 0.675 bits per heavy atom. The van der Waals surface area contributed by atoms with Crippen LogP contribution in [0.15, 0.2) is 146 Å². The van der Waals surface area contributed by atoms with Gasteiger partial charge in [0.1, 0.15) is 6.61 Å². The van der Waals surface area contributed by atoms with E-state index in [2.05, 4.69) is 122 Å². The number of carbonyl (C=O) groups excluding carboxylic acids is 1. The molecule has 0 saturated carbocycles. The lowest BCUT2D eigenvalue weighted by Gasteiger charge is -2.26. The summed E-state index contributed by atoms with van der Waals surface area (Å²) in [6, 6.07) is 46.1. The van der Waals surface area contributed by atoms with E-state index < -0.39 is 5.97 Å². The van der Waals surface area contributed by atoms with Gasteiger partial charge in [0.2, 0.25) is 0 Å². The Kier molecular flexibility index (Phi) is 8.33. The maximum atomic E-state index is 11.5. The van der Waals surface area contributed by atoms with Crippen molar-refractivity contribution >= 4 is 34.7 Å². The van der Waals surface area contributed by atoms with E-state index in [0.29, 0.717) is 0 Å². The summed E-state index contributed by atoms with van der Waals surface area (Å²) >= 11 is 0. The van der Waals surface area contributed by atoms with E-state index in [9.17, 15) is 4.79 Å². The maximum Gasteiger partial charge on any atom is 0.330 e. The van der Waals surface area contributed by atoms with E-state index in [0.717, 1.165) is 28.2 Å². The molecular weight excluding hydrogens is 490 g/mol. The van der Waals surface area contributed by atoms with Crippen molar-refractivity contribution < 1.29 is 9.53 Å². The SMILES string of the molecule is C=CC(=O)OCc1ccc(N(c2ccc(C)cc2)c2ccc(C=C(c3ccccc3)c3ccccc3)cc2)cc1. The van der Waals surface area contributed by atoms with Gasteiger partial charge in [0.05, 0.1) is 0 Å². The maximum absolute atomic E-state index is 11.5. The number of aryl methyl sites for hydroxylation is 1. The highest BCUT2D eigenvalue weighted by molar-refractivity contribution is 5.91. The van der Waals surface area contributed by atoms with Gasteiger partial charge in [-0.15, -0.1) is 0 Å². The monoisotopic (exact) mass is 521 g/mol. The molecule has 5 rings (SSSR count). The number of carbonyl (C=O) groups is 1. The second-order valence-corrected chi connectivity index (χ2v) is 9.53. The fourth-order valence-electron chi connectivity index (χ4n) is 4.55. The van der Waals surface area contributed by atoms with Crippen LogP contribution in [-0.4, -0.2) is 5.97 Å². The van der Waals surface area contributed by atoms with Crippen LogP contribution in [0.1, 0.15) is 27.8 Å². The molecule has 0 amide bonds. The first kappa shape index (κ1) is 26.5. The van der Waals surface area contributed by atoms with E-state index in [4.69, 9.17) is 4.74 Å². The number of benzene rings is 5. The third kappa shape index (κ3) is 6.46. The van der Waals surface area contributed by atoms with Gasteiger partial charge in [-0.1, -0.05) is 109 Å². The second-order valence-electron chi connectivity index (χ2n) is 9.53. The highest BCUT2D eigenvalue weighted by Crippen LogP contribution is 2.35. The van der Waals surface area contributed by atoms with Gasteiger partial charge in [-0.05, 0) is 77.2 Å². The third-order valence-corrected chi connectivity index (χ3v) is 6.67. The van der Waals surface area contributed by atoms with Gasteiger partial charge in [0.15, 0.2) is 0 Å². The number of hydrogen-bond acceptors (Lipinski definition) is 3. The number of nitrogens with zero attached hydrogens (tertiary/aromatic N) is 1. The molecule has 0 bridgehead atoms. The molecule has 0 atom stereocenters. The van der Waals surface area contributed by atoms with Gasteiger partial charge in [-0.3, -0.25) is 0 Å². The Labute approximate surface area is 236 Å². The summed E-state index contributed by atoms with van der Waals surface area (Å²) in [5.41, 5.74) is 9.90. The fourth-order valence-corrected chi connectivity index (χ4v) is 4.55. The van der Waals surface area contributed by atoms with E-state index in [1.54, 1.807) is 0 Å². The molecule has 0 aliphatic rings. The van der Waals surface area contributed by atoms with E-state index in [1.165, 1.54) is 28.3 Å². The first-order chi connectivity index (χ1) is 19.6. The van der Waals surface area contributed by atoms with Gasteiger partial charge in [0.25, 0.3) is 0 Å². The van der Waals surface area contributed by atoms with Crippen LogP contribution in [-0.2, 0) is 16.1 Å². The first-order valence-corrected chi connectivity index (χ1v) is 13.3. The molecule has 0 radical (unpaired) electrons. The highest BCUT2D eigenvalue weighted by atomic mass is 16.5. The van der Waals surface area contributed by atoms with Crippen molar-refractivity contribution in [2.75, 3.05) is 4.90 Å². The molecule has 0 N–H and O–H groups in total. The smallest absolute Gasteiger partial charge is 0.330 e. The Balaban J connectivity index is 1.49. The summed E-state index contributed by atoms with van der Waals surface area (Å²) in [5, 5.41) is 0. The molecule has 40 heavy (non-hydrogen) atoms. The Bertz CT molecular complexity index is 1540. The summed E-state index contributed by atoms with van der Waals surface area (Å²) in [6.07, 6.45) is 3.42. The van der Waals surface area contributed by atoms with Crippen molar-refractivity contribution in [2.45, 2.75) is 13.5 Å². The number of hydrogen-bond donors (Lipinski definition) is 0. The first-order valence-electron chi connectivity index (χ1n) is 13.3. The van der Waals surface area contributed by atoms with Gasteiger partial charge >= 0.3 is 5.97 Å². The van der Waals surface area contributed by atoms with Crippen LogP contribution in [0.5, 0.6) is 0 Å². The lowest BCUT2D eigenvalue weighted by molar-refractivity contribution is -0.138. The molecular formula is C37H31NO2. The molecule has 5 aromatic carbocycles. The molecule has 3 nitrogen and oxygen atoms in total. The lowest BCUT2D eigenvalue weighted by atomic mass is 9.95. The van der Waals surface area contributed by atoms with Crippen LogP contribution in [0.3, 0.4) is 0 Å². The molecule has 0 heterocycles. The fraction of sp³-hybridized carbons (Fsp3) is 0.0541. The molecule has 0 aliphatic carbocycles. The molecule has 0 fully saturated rings. The zero-order valence-electron chi connectivity index (χ0n) is 22.5. The predicted molar refractivity (Wildman–Crippen MR) is 166 cm³/mol. The van der Waals surface area contributed by atoms with Crippen LogP contribution in [0.4, 0.5) is 17.1 Å². The van der Waals surface area contributed by atoms with Crippen molar-refractivity contribution in [1.29, 1.82) is 0 Å². The minimum atomic E-state index is -0.429. The number of esters is 1. The van der Waals surface area contributed by atoms with Crippen molar-refractivity contribution in [3.63, 3.8) is 0 Å². The van der Waals surface area contributed by atoms with Crippen LogP contribution in [0.2, 0.25) is 0 Å². The number of ether oxygens (including phenoxy) is 1. The van der Waals surface area contributed by atoms with Gasteiger partial charge < -0.3 is 9.64 Å². The summed E-state index contributed by atoms with van der Waals surface area (Å²) in [7, 11) is 0. The van der Waals surface area contributed by atoms with Crippen molar-refractivity contribution in [1.82, 2.24) is 0 Å². The van der Waals surface area contributed by atoms with Gasteiger partial charge in [0, 0.05) is 23.1 Å². The molecule has 0 aliphatic heterocycles. The van der Waals surface area contributed by atoms with Crippen molar-refractivity contribution in [3.8, 4) is 0 Å². The topological polar surface area (TPSA) is 29.5 Å². The standard InChI is InChI=1S/C37H31NO2/c1-3-37(39)40-27-30-18-24-35(25-19-30)38(33-20-14-28(2)15-21-33)34-22-16-29(17-23-34)26-36(31-10-6-4-7-11-31)32-12-8-5-9-13-32/h3-26H,1,27H2,2H3.